The third kappa shape index (κ3) is 2.83. The van der Waals surface area contributed by atoms with E-state index in [1.54, 1.807) is 7.11 Å². The normalized spacial score (nSPS) is 9.83. The smallest absolute Gasteiger partial charge is 0.188 e. The van der Waals surface area contributed by atoms with E-state index in [0.29, 0.717) is 6.79 Å². The van der Waals surface area contributed by atoms with Crippen LogP contribution in [0.15, 0.2) is 24.3 Å². The molecule has 0 saturated carbocycles. The second-order valence-corrected chi connectivity index (χ2v) is 2.89. The molecule has 1 aromatic carbocycles. The predicted octanol–water partition coefficient (Wildman–Crippen LogP) is 2.56. The molecule has 0 unspecified atom stereocenters. The summed E-state index contributed by atoms with van der Waals surface area (Å²) in [5.74, 6) is 0.841. The van der Waals surface area contributed by atoms with Crippen LogP contribution in [0.4, 0.5) is 0 Å². The van der Waals surface area contributed by atoms with Crippen molar-refractivity contribution in [3.05, 3.63) is 29.8 Å². The quantitative estimate of drug-likeness (QED) is 0.585. The third-order valence-corrected chi connectivity index (χ3v) is 2.04. The topological polar surface area (TPSA) is 18.5 Å². The maximum Gasteiger partial charge on any atom is 0.188 e. The van der Waals surface area contributed by atoms with Crippen molar-refractivity contribution in [3.8, 4) is 5.75 Å². The Hall–Kier alpha value is -0.540. The Morgan fingerprint density at radius 2 is 2.25 bits per heavy atom. The summed E-state index contributed by atoms with van der Waals surface area (Å²) in [6.45, 7) is 0.297. The van der Waals surface area contributed by atoms with Gasteiger partial charge in [-0.1, -0.05) is 28.1 Å². The fourth-order valence-corrected chi connectivity index (χ4v) is 1.19. The summed E-state index contributed by atoms with van der Waals surface area (Å²) in [6, 6.07) is 7.88. The number of ether oxygens (including phenoxy) is 2. The van der Waals surface area contributed by atoms with E-state index in [1.165, 1.54) is 5.56 Å². The highest BCUT2D eigenvalue weighted by molar-refractivity contribution is 9.08. The highest BCUT2D eigenvalue weighted by Crippen LogP contribution is 2.14. The number of benzene rings is 1. The summed E-state index contributed by atoms with van der Waals surface area (Å²) in [5.41, 5.74) is 1.20. The van der Waals surface area contributed by atoms with Gasteiger partial charge < -0.3 is 9.47 Å². The summed E-state index contributed by atoms with van der Waals surface area (Å²) in [4.78, 5) is 0. The van der Waals surface area contributed by atoms with Crippen molar-refractivity contribution in [2.24, 2.45) is 0 Å². The molecule has 0 aliphatic rings. The van der Waals surface area contributed by atoms with Gasteiger partial charge in [-0.3, -0.25) is 0 Å². The van der Waals surface area contributed by atoms with Gasteiger partial charge >= 0.3 is 0 Å². The Bertz CT molecular complexity index is 238. The van der Waals surface area contributed by atoms with E-state index in [9.17, 15) is 0 Å². The van der Waals surface area contributed by atoms with Gasteiger partial charge in [-0.25, -0.2) is 0 Å². The van der Waals surface area contributed by atoms with Crippen molar-refractivity contribution in [1.82, 2.24) is 0 Å². The first-order valence-electron chi connectivity index (χ1n) is 3.63. The van der Waals surface area contributed by atoms with Crippen molar-refractivity contribution < 1.29 is 9.47 Å². The van der Waals surface area contributed by atoms with E-state index in [1.807, 2.05) is 24.3 Å². The minimum Gasteiger partial charge on any atom is -0.468 e. The molecule has 0 aromatic heterocycles. The predicted molar refractivity (Wildman–Crippen MR) is 51.6 cm³/mol. The lowest BCUT2D eigenvalue weighted by Gasteiger charge is -2.04. The highest BCUT2D eigenvalue weighted by atomic mass is 79.9. The number of rotatable bonds is 4. The molecule has 2 nitrogen and oxygen atoms in total. The number of hydrogen-bond donors (Lipinski definition) is 0. The lowest BCUT2D eigenvalue weighted by molar-refractivity contribution is 0.0511. The van der Waals surface area contributed by atoms with Gasteiger partial charge in [0.25, 0.3) is 0 Å². The number of halogens is 1. The molecule has 66 valence electrons. The monoisotopic (exact) mass is 230 g/mol. The van der Waals surface area contributed by atoms with E-state index in [4.69, 9.17) is 9.47 Å². The molecule has 0 fully saturated rings. The molecule has 0 aliphatic heterocycles. The molecule has 0 saturated heterocycles. The van der Waals surface area contributed by atoms with Crippen LogP contribution < -0.4 is 4.74 Å². The Morgan fingerprint density at radius 1 is 1.42 bits per heavy atom. The lowest BCUT2D eigenvalue weighted by atomic mass is 10.2. The first-order chi connectivity index (χ1) is 5.86. The summed E-state index contributed by atoms with van der Waals surface area (Å²) in [5, 5.41) is 0.844. The molecular formula is C9H11BrO2. The van der Waals surface area contributed by atoms with Gasteiger partial charge in [-0.15, -0.1) is 0 Å². The van der Waals surface area contributed by atoms with E-state index < -0.39 is 0 Å². The van der Waals surface area contributed by atoms with Crippen LogP contribution in [0.2, 0.25) is 0 Å². The standard InChI is InChI=1S/C9H11BrO2/c1-11-7-12-9-4-2-3-8(5-9)6-10/h2-5H,6-7H2,1H3. The Labute approximate surface area is 80.6 Å². The molecule has 3 heteroatoms. The van der Waals surface area contributed by atoms with Crippen LogP contribution in [0.3, 0.4) is 0 Å². The van der Waals surface area contributed by atoms with Crippen LogP contribution in [0, 0.1) is 0 Å². The van der Waals surface area contributed by atoms with Crippen LogP contribution in [0.1, 0.15) is 5.56 Å². The van der Waals surface area contributed by atoms with Gasteiger partial charge in [-0.2, -0.15) is 0 Å². The molecule has 0 heterocycles. The van der Waals surface area contributed by atoms with Crippen molar-refractivity contribution in [1.29, 1.82) is 0 Å². The zero-order valence-corrected chi connectivity index (χ0v) is 8.50. The number of methoxy groups -OCH3 is 1. The molecular weight excluding hydrogens is 220 g/mol. The maximum absolute atomic E-state index is 5.25. The van der Waals surface area contributed by atoms with Gasteiger partial charge in [0, 0.05) is 12.4 Å². The number of hydrogen-bond acceptors (Lipinski definition) is 2. The SMILES string of the molecule is COCOc1cccc(CBr)c1. The van der Waals surface area contributed by atoms with Crippen molar-refractivity contribution in [2.45, 2.75) is 5.33 Å². The van der Waals surface area contributed by atoms with Crippen LogP contribution in [-0.4, -0.2) is 13.9 Å². The average molecular weight is 231 g/mol. The van der Waals surface area contributed by atoms with Gasteiger partial charge in [0.05, 0.1) is 0 Å². The molecule has 0 radical (unpaired) electrons. The van der Waals surface area contributed by atoms with Crippen molar-refractivity contribution in [2.75, 3.05) is 13.9 Å². The number of alkyl halides is 1. The Morgan fingerprint density at radius 3 is 2.92 bits per heavy atom. The van der Waals surface area contributed by atoms with Crippen molar-refractivity contribution in [3.63, 3.8) is 0 Å². The Balaban J connectivity index is 2.60. The van der Waals surface area contributed by atoms with Gasteiger partial charge in [0.2, 0.25) is 0 Å². The summed E-state index contributed by atoms with van der Waals surface area (Å²) in [6.07, 6.45) is 0. The summed E-state index contributed by atoms with van der Waals surface area (Å²) >= 11 is 3.37. The molecule has 1 rings (SSSR count). The van der Waals surface area contributed by atoms with Crippen molar-refractivity contribution >= 4 is 15.9 Å². The van der Waals surface area contributed by atoms with Crippen LogP contribution >= 0.6 is 15.9 Å². The van der Waals surface area contributed by atoms with Gasteiger partial charge in [0.15, 0.2) is 6.79 Å². The van der Waals surface area contributed by atoms with E-state index in [-0.39, 0.29) is 0 Å². The fraction of sp³-hybridized carbons (Fsp3) is 0.333. The second kappa shape index (κ2) is 5.17. The molecule has 1 aromatic rings. The molecule has 0 bridgehead atoms. The largest absolute Gasteiger partial charge is 0.468 e. The lowest BCUT2D eigenvalue weighted by Crippen LogP contribution is -1.98. The third-order valence-electron chi connectivity index (χ3n) is 1.40. The maximum atomic E-state index is 5.25. The average Bonchev–Trinajstić information content (AvgIpc) is 2.15. The van der Waals surface area contributed by atoms with Crippen LogP contribution in [0.5, 0.6) is 5.75 Å². The molecule has 12 heavy (non-hydrogen) atoms. The molecule has 0 N–H and O–H groups in total. The zero-order chi connectivity index (χ0) is 8.81. The summed E-state index contributed by atoms with van der Waals surface area (Å²) in [7, 11) is 1.61. The first kappa shape index (κ1) is 9.55. The summed E-state index contributed by atoms with van der Waals surface area (Å²) < 4.78 is 10.0. The molecule has 0 atom stereocenters. The van der Waals surface area contributed by atoms with E-state index >= 15 is 0 Å². The van der Waals surface area contributed by atoms with E-state index in [0.717, 1.165) is 11.1 Å². The van der Waals surface area contributed by atoms with E-state index in [2.05, 4.69) is 15.9 Å². The second-order valence-electron chi connectivity index (χ2n) is 2.33. The van der Waals surface area contributed by atoms with Gasteiger partial charge in [-0.05, 0) is 17.7 Å². The minimum absolute atomic E-state index is 0.297. The van der Waals surface area contributed by atoms with Gasteiger partial charge in [0.1, 0.15) is 5.75 Å². The van der Waals surface area contributed by atoms with Crippen LogP contribution in [-0.2, 0) is 10.1 Å². The fourth-order valence-electron chi connectivity index (χ4n) is 0.845. The zero-order valence-electron chi connectivity index (χ0n) is 6.92. The highest BCUT2D eigenvalue weighted by Gasteiger charge is 1.94. The Kier molecular flexibility index (Phi) is 4.11. The molecule has 0 aliphatic carbocycles. The molecule has 0 spiro atoms. The van der Waals surface area contributed by atoms with Crippen LogP contribution in [0.25, 0.3) is 0 Å². The minimum atomic E-state index is 0.297. The first-order valence-corrected chi connectivity index (χ1v) is 4.75. The molecule has 0 amide bonds.